The van der Waals surface area contributed by atoms with Crippen LogP contribution in [-0.4, -0.2) is 58.0 Å². The minimum Gasteiger partial charge on any atom is -0.387 e. The van der Waals surface area contributed by atoms with Crippen molar-refractivity contribution in [3.63, 3.8) is 0 Å². The van der Waals surface area contributed by atoms with Crippen LogP contribution in [0.4, 0.5) is 10.3 Å². The molecule has 1 saturated heterocycles. The summed E-state index contributed by atoms with van der Waals surface area (Å²) in [5.74, 6) is 0.119. The zero-order valence-corrected chi connectivity index (χ0v) is 13.9. The van der Waals surface area contributed by atoms with Crippen LogP contribution in [0.15, 0.2) is 11.0 Å². The van der Waals surface area contributed by atoms with Gasteiger partial charge in [0.15, 0.2) is 28.7 Å². The van der Waals surface area contributed by atoms with Crippen molar-refractivity contribution in [1.29, 1.82) is 0 Å². The van der Waals surface area contributed by atoms with Gasteiger partial charge in [0.05, 0.1) is 0 Å². The largest absolute Gasteiger partial charge is 0.387 e. The van der Waals surface area contributed by atoms with Crippen molar-refractivity contribution in [3.05, 3.63) is 22.4 Å². The molecule has 2 aromatic rings. The van der Waals surface area contributed by atoms with Crippen molar-refractivity contribution >= 4 is 28.6 Å². The van der Waals surface area contributed by atoms with E-state index in [9.17, 15) is 29.6 Å². The minimum atomic E-state index is -3.46. The van der Waals surface area contributed by atoms with Gasteiger partial charge in [-0.25, -0.2) is 4.39 Å². The molecule has 0 bridgehead atoms. The second-order valence-electron chi connectivity index (χ2n) is 5.72. The van der Waals surface area contributed by atoms with E-state index >= 15 is 0 Å². The fourth-order valence-corrected chi connectivity index (χ4v) is 3.25. The Bertz CT molecular complexity index is 989. The lowest BCUT2D eigenvalue weighted by atomic mass is 9.98. The maximum Gasteiger partial charge on any atom is 0.306 e. The third-order valence-corrected chi connectivity index (χ3v) is 4.46. The summed E-state index contributed by atoms with van der Waals surface area (Å²) in [7, 11) is 0. The number of nitrogen functional groups attached to an aromatic ring is 1. The van der Waals surface area contributed by atoms with Crippen LogP contribution in [0.2, 0.25) is 0 Å². The lowest BCUT2D eigenvalue weighted by Crippen LogP contribution is -2.51. The van der Waals surface area contributed by atoms with Crippen molar-refractivity contribution in [2.75, 3.05) is 5.73 Å². The fraction of sp³-hybridized carbons (Fsp3) is 0.429. The van der Waals surface area contributed by atoms with Crippen molar-refractivity contribution in [3.8, 4) is 11.8 Å². The molecule has 1 aliphatic rings. The molecule has 0 amide bonds. The Balaban J connectivity index is 2.26. The fourth-order valence-electron chi connectivity index (χ4n) is 2.88. The summed E-state index contributed by atoms with van der Waals surface area (Å²) >= 11 is 6.34. The lowest BCUT2D eigenvalue weighted by Gasteiger charge is -2.26. The van der Waals surface area contributed by atoms with E-state index in [1.54, 1.807) is 0 Å². The summed E-state index contributed by atoms with van der Waals surface area (Å²) in [6, 6.07) is 0. The smallest absolute Gasteiger partial charge is 0.306 e. The molecule has 26 heavy (non-hydrogen) atoms. The number of halogens is 2. The summed E-state index contributed by atoms with van der Waals surface area (Å²) in [4.78, 5) is 15.9. The number of rotatable bonds is 2. The summed E-state index contributed by atoms with van der Waals surface area (Å²) < 4.78 is 20.4. The van der Waals surface area contributed by atoms with E-state index in [1.807, 2.05) is 0 Å². The number of anilines is 1. The van der Waals surface area contributed by atoms with Crippen LogP contribution in [0, 0.1) is 17.7 Å². The zero-order valence-electron chi connectivity index (χ0n) is 13.1. The van der Waals surface area contributed by atoms with Gasteiger partial charge in [0.2, 0.25) is 5.95 Å². The standard InChI is InChI=1S/C14H14ClFN4O6/c1-2-3-13(15)7(21)8(14(23,24)25)26-11(13)20-4-5(16)6-9(20)18-12(17)19-10(6)22/h4,7-8,11,21,23-25H,1H3,(H3,17,18,19,22). The number of H-pyrrole nitrogens is 1. The molecule has 3 rings (SSSR count). The Hall–Kier alpha value is -2.20. The topological polar surface area (TPSA) is 167 Å². The van der Waals surface area contributed by atoms with Crippen molar-refractivity contribution < 1.29 is 29.6 Å². The van der Waals surface area contributed by atoms with E-state index in [0.29, 0.717) is 0 Å². The average Bonchev–Trinajstić information content (AvgIpc) is 2.95. The molecule has 140 valence electrons. The maximum absolute atomic E-state index is 14.3. The van der Waals surface area contributed by atoms with E-state index in [4.69, 9.17) is 22.1 Å². The summed E-state index contributed by atoms with van der Waals surface area (Å²) in [5, 5.41) is 38.1. The summed E-state index contributed by atoms with van der Waals surface area (Å²) in [5.41, 5.74) is 4.34. The maximum atomic E-state index is 14.3. The highest BCUT2D eigenvalue weighted by Crippen LogP contribution is 2.46. The van der Waals surface area contributed by atoms with Crippen LogP contribution in [0.1, 0.15) is 13.2 Å². The van der Waals surface area contributed by atoms with Gasteiger partial charge in [-0.3, -0.25) is 14.3 Å². The molecule has 10 nitrogen and oxygen atoms in total. The number of nitrogens with zero attached hydrogens (tertiary/aromatic N) is 2. The second kappa shape index (κ2) is 5.92. The monoisotopic (exact) mass is 388 g/mol. The molecule has 7 N–H and O–H groups in total. The molecule has 0 aromatic carbocycles. The molecule has 0 radical (unpaired) electrons. The first-order valence-electron chi connectivity index (χ1n) is 7.20. The number of hydrogen-bond acceptors (Lipinski definition) is 8. The Morgan fingerprint density at radius 3 is 2.77 bits per heavy atom. The number of ether oxygens (including phenoxy) is 1. The molecule has 3 heterocycles. The molecule has 1 fully saturated rings. The average molecular weight is 389 g/mol. The van der Waals surface area contributed by atoms with Gasteiger partial charge in [-0.2, -0.15) is 4.98 Å². The quantitative estimate of drug-likeness (QED) is 0.202. The Kier molecular flexibility index (Phi) is 4.23. The minimum absolute atomic E-state index is 0.274. The van der Waals surface area contributed by atoms with E-state index in [1.165, 1.54) is 6.92 Å². The highest BCUT2D eigenvalue weighted by atomic mass is 35.5. The number of aromatic nitrogens is 3. The second-order valence-corrected chi connectivity index (χ2v) is 6.34. The van der Waals surface area contributed by atoms with Crippen molar-refractivity contribution in [2.24, 2.45) is 0 Å². The number of nitrogens with two attached hydrogens (primary N) is 1. The zero-order chi connectivity index (χ0) is 19.4. The molecule has 0 saturated carbocycles. The van der Waals surface area contributed by atoms with Gasteiger partial charge in [0.25, 0.3) is 5.56 Å². The van der Waals surface area contributed by atoms with Gasteiger partial charge in [0.1, 0.15) is 11.5 Å². The van der Waals surface area contributed by atoms with E-state index in [2.05, 4.69) is 21.8 Å². The van der Waals surface area contributed by atoms with E-state index in [0.717, 1.165) is 10.8 Å². The van der Waals surface area contributed by atoms with E-state index < -0.39 is 46.0 Å². The SMILES string of the molecule is CC#CC1(Cl)C(O)C(C(O)(O)O)OC1n1cc(F)c2c(=O)[nH]c(N)nc21. The van der Waals surface area contributed by atoms with Gasteiger partial charge < -0.3 is 30.9 Å². The van der Waals surface area contributed by atoms with E-state index in [-0.39, 0.29) is 11.6 Å². The molecule has 2 aromatic heterocycles. The van der Waals surface area contributed by atoms with Gasteiger partial charge >= 0.3 is 5.97 Å². The molecule has 4 unspecified atom stereocenters. The van der Waals surface area contributed by atoms with Crippen LogP contribution in [0.25, 0.3) is 11.0 Å². The molecule has 1 aliphatic heterocycles. The van der Waals surface area contributed by atoms with Crippen LogP contribution in [0.3, 0.4) is 0 Å². The number of nitrogens with one attached hydrogen (secondary N) is 1. The van der Waals surface area contributed by atoms with Gasteiger partial charge in [-0.1, -0.05) is 17.5 Å². The van der Waals surface area contributed by atoms with Crippen LogP contribution in [0.5, 0.6) is 0 Å². The first-order chi connectivity index (χ1) is 12.0. The molecule has 0 aliphatic carbocycles. The summed E-state index contributed by atoms with van der Waals surface area (Å²) in [6.07, 6.45) is -4.65. The summed E-state index contributed by atoms with van der Waals surface area (Å²) in [6.45, 7) is 1.39. The predicted molar refractivity (Wildman–Crippen MR) is 86.1 cm³/mol. The van der Waals surface area contributed by atoms with Crippen molar-refractivity contribution in [1.82, 2.24) is 14.5 Å². The van der Waals surface area contributed by atoms with Crippen LogP contribution < -0.4 is 11.3 Å². The van der Waals surface area contributed by atoms with Gasteiger partial charge in [-0.05, 0) is 6.92 Å². The molecular formula is C14H14ClFN4O6. The highest BCUT2D eigenvalue weighted by molar-refractivity contribution is 6.27. The predicted octanol–water partition coefficient (Wildman–Crippen LogP) is -1.66. The lowest BCUT2D eigenvalue weighted by molar-refractivity contribution is -0.368. The number of aromatic amines is 1. The first-order valence-corrected chi connectivity index (χ1v) is 7.57. The Morgan fingerprint density at radius 1 is 1.54 bits per heavy atom. The number of hydrogen-bond donors (Lipinski definition) is 6. The normalized spacial score (nSPS) is 29.0. The highest BCUT2D eigenvalue weighted by Gasteiger charge is 2.61. The molecular weight excluding hydrogens is 375 g/mol. The third kappa shape index (κ3) is 2.64. The molecule has 0 spiro atoms. The Labute approximate surface area is 149 Å². The molecule has 12 heteroatoms. The number of alkyl halides is 1. The van der Waals surface area contributed by atoms with Gasteiger partial charge in [-0.15, -0.1) is 5.92 Å². The Morgan fingerprint density at radius 2 is 2.19 bits per heavy atom. The van der Waals surface area contributed by atoms with Crippen LogP contribution >= 0.6 is 11.6 Å². The van der Waals surface area contributed by atoms with Gasteiger partial charge in [0, 0.05) is 6.20 Å². The first kappa shape index (κ1) is 18.6. The third-order valence-electron chi connectivity index (χ3n) is 3.96. The van der Waals surface area contributed by atoms with Crippen LogP contribution in [-0.2, 0) is 4.74 Å². The number of aliphatic hydroxyl groups is 4. The van der Waals surface area contributed by atoms with Crippen molar-refractivity contribution in [2.45, 2.75) is 36.2 Å². The number of fused-ring (bicyclic) bond motifs is 1. The number of aliphatic hydroxyl groups excluding tert-OH is 1. The molecule has 4 atom stereocenters.